The summed E-state index contributed by atoms with van der Waals surface area (Å²) in [5.41, 5.74) is 0. The van der Waals surface area contributed by atoms with E-state index < -0.39 is 7.71 Å². The SMILES string of the molecule is C/C=C/C[Si]1(Cl)N(CC)C2CCCC[C@H]2N1CC. The Bertz CT molecular complexity index is 288. The van der Waals surface area contributed by atoms with E-state index in [1.807, 2.05) is 0 Å². The van der Waals surface area contributed by atoms with Crippen LogP contribution in [0.2, 0.25) is 6.04 Å². The van der Waals surface area contributed by atoms with Crippen molar-refractivity contribution in [3.8, 4) is 0 Å². The molecule has 0 spiro atoms. The van der Waals surface area contributed by atoms with Gasteiger partial charge in [-0.25, -0.2) is 0 Å². The van der Waals surface area contributed by atoms with Gasteiger partial charge in [0.05, 0.1) is 0 Å². The monoisotopic (exact) mass is 286 g/mol. The number of rotatable bonds is 4. The molecule has 104 valence electrons. The predicted octanol–water partition coefficient (Wildman–Crippen LogP) is 3.71. The minimum Gasteiger partial charge on any atom is -0.295 e. The molecule has 0 bridgehead atoms. The van der Waals surface area contributed by atoms with Gasteiger partial charge in [0.1, 0.15) is 0 Å². The molecule has 0 radical (unpaired) electrons. The third-order valence-electron chi connectivity index (χ3n) is 4.67. The van der Waals surface area contributed by atoms with Gasteiger partial charge in [0, 0.05) is 18.1 Å². The van der Waals surface area contributed by atoms with Crippen LogP contribution in [0.15, 0.2) is 12.2 Å². The second-order valence-electron chi connectivity index (χ2n) is 5.48. The number of allylic oxidation sites excluding steroid dienone is 2. The number of nitrogens with zero attached hydrogens (tertiary/aromatic N) is 2. The summed E-state index contributed by atoms with van der Waals surface area (Å²) in [5.74, 6) is 0. The Hall–Kier alpha value is 0.167. The number of hydrogen-bond acceptors (Lipinski definition) is 2. The van der Waals surface area contributed by atoms with Gasteiger partial charge in [0.15, 0.2) is 0 Å². The summed E-state index contributed by atoms with van der Waals surface area (Å²) < 4.78 is 5.36. The first-order valence-electron chi connectivity index (χ1n) is 7.52. The highest BCUT2D eigenvalue weighted by Gasteiger charge is 2.57. The van der Waals surface area contributed by atoms with Gasteiger partial charge in [-0.15, -0.1) is 11.1 Å². The van der Waals surface area contributed by atoms with E-state index in [1.54, 1.807) is 0 Å². The molecule has 1 saturated carbocycles. The lowest BCUT2D eigenvalue weighted by atomic mass is 9.90. The third kappa shape index (κ3) is 2.31. The van der Waals surface area contributed by atoms with E-state index in [4.69, 9.17) is 11.1 Å². The quantitative estimate of drug-likeness (QED) is 0.442. The predicted molar refractivity (Wildman–Crippen MR) is 82.0 cm³/mol. The maximum atomic E-state index is 7.20. The number of likely N-dealkylation sites (N-methyl/N-ethyl adjacent to an activating group) is 2. The summed E-state index contributed by atoms with van der Waals surface area (Å²) in [4.78, 5) is 0. The normalized spacial score (nSPS) is 38.4. The van der Waals surface area contributed by atoms with Crippen molar-refractivity contribution >= 4 is 18.8 Å². The molecule has 0 aromatic heterocycles. The standard InChI is InChI=1S/C14H27ClN2Si/c1-4-7-12-18(15)16(5-2)13-10-8-9-11-14(13)17(18)6-3/h4,7,13-14H,5-6,8-12H2,1-3H3/b7-4+/t13-,14?,18?/m1/s1. The van der Waals surface area contributed by atoms with Gasteiger partial charge in [-0.05, 0) is 32.9 Å². The van der Waals surface area contributed by atoms with Crippen LogP contribution in [0, 0.1) is 0 Å². The number of halogens is 1. The molecule has 1 aliphatic heterocycles. The lowest BCUT2D eigenvalue weighted by molar-refractivity contribution is 0.210. The van der Waals surface area contributed by atoms with Crippen molar-refractivity contribution in [1.29, 1.82) is 0 Å². The Balaban J connectivity index is 2.28. The van der Waals surface area contributed by atoms with Gasteiger partial charge in [0.2, 0.25) is 0 Å². The topological polar surface area (TPSA) is 6.48 Å². The summed E-state index contributed by atoms with van der Waals surface area (Å²) >= 11 is 7.20. The van der Waals surface area contributed by atoms with Crippen LogP contribution in [0.5, 0.6) is 0 Å². The first-order chi connectivity index (χ1) is 8.69. The minimum absolute atomic E-state index is 0.734. The average Bonchev–Trinajstić information content (AvgIpc) is 2.64. The Morgan fingerprint density at radius 1 is 1.11 bits per heavy atom. The van der Waals surface area contributed by atoms with Crippen LogP contribution in [0.4, 0.5) is 0 Å². The highest BCUT2D eigenvalue weighted by atomic mass is 35.6. The van der Waals surface area contributed by atoms with Gasteiger partial charge in [-0.1, -0.05) is 38.8 Å². The molecular formula is C14H27ClN2Si. The van der Waals surface area contributed by atoms with Gasteiger partial charge < -0.3 is 0 Å². The summed E-state index contributed by atoms with van der Waals surface area (Å²) in [5, 5.41) is 0. The van der Waals surface area contributed by atoms with E-state index in [9.17, 15) is 0 Å². The second kappa shape index (κ2) is 6.08. The number of hydrogen-bond donors (Lipinski definition) is 0. The molecule has 0 amide bonds. The third-order valence-corrected chi connectivity index (χ3v) is 10.2. The molecule has 1 saturated heterocycles. The van der Waals surface area contributed by atoms with E-state index >= 15 is 0 Å². The maximum absolute atomic E-state index is 7.20. The van der Waals surface area contributed by atoms with E-state index in [0.717, 1.165) is 31.2 Å². The zero-order valence-corrected chi connectivity index (χ0v) is 13.8. The van der Waals surface area contributed by atoms with Crippen molar-refractivity contribution in [2.24, 2.45) is 0 Å². The zero-order chi connectivity index (χ0) is 13.2. The lowest BCUT2D eigenvalue weighted by Gasteiger charge is -2.35. The van der Waals surface area contributed by atoms with E-state index in [1.165, 1.54) is 25.7 Å². The van der Waals surface area contributed by atoms with Gasteiger partial charge >= 0.3 is 7.71 Å². The zero-order valence-electron chi connectivity index (χ0n) is 12.0. The summed E-state index contributed by atoms with van der Waals surface area (Å²) in [6, 6.07) is 2.54. The van der Waals surface area contributed by atoms with Crippen molar-refractivity contribution < 1.29 is 0 Å². The highest BCUT2D eigenvalue weighted by molar-refractivity contribution is 7.17. The molecule has 4 heteroatoms. The van der Waals surface area contributed by atoms with Gasteiger partial charge in [-0.2, -0.15) is 0 Å². The molecule has 2 aliphatic rings. The summed E-state index contributed by atoms with van der Waals surface area (Å²) in [6.07, 6.45) is 9.92. The fraction of sp³-hybridized carbons (Fsp3) is 0.857. The Morgan fingerprint density at radius 3 is 2.00 bits per heavy atom. The fourth-order valence-corrected chi connectivity index (χ4v) is 9.61. The van der Waals surface area contributed by atoms with E-state index in [-0.39, 0.29) is 0 Å². The van der Waals surface area contributed by atoms with Crippen molar-refractivity contribution in [2.75, 3.05) is 13.1 Å². The number of fused-ring (bicyclic) bond motifs is 1. The molecule has 0 aromatic rings. The Kier molecular flexibility index (Phi) is 4.92. The van der Waals surface area contributed by atoms with Crippen molar-refractivity contribution in [3.05, 3.63) is 12.2 Å². The molecule has 2 rings (SSSR count). The smallest absolute Gasteiger partial charge is 0.295 e. The van der Waals surface area contributed by atoms with Crippen molar-refractivity contribution in [3.63, 3.8) is 0 Å². The van der Waals surface area contributed by atoms with Gasteiger partial charge in [-0.3, -0.25) is 9.13 Å². The van der Waals surface area contributed by atoms with E-state index in [0.29, 0.717) is 0 Å². The van der Waals surface area contributed by atoms with Crippen LogP contribution < -0.4 is 0 Å². The molecule has 2 nitrogen and oxygen atoms in total. The maximum Gasteiger partial charge on any atom is 0.311 e. The van der Waals surface area contributed by atoms with Crippen LogP contribution in [0.1, 0.15) is 46.5 Å². The first kappa shape index (κ1) is 14.6. The first-order valence-corrected chi connectivity index (χ1v) is 10.6. The molecule has 1 aliphatic carbocycles. The van der Waals surface area contributed by atoms with Crippen LogP contribution >= 0.6 is 11.1 Å². The summed E-state index contributed by atoms with van der Waals surface area (Å²) in [6.45, 7) is 8.90. The van der Waals surface area contributed by atoms with Crippen molar-refractivity contribution in [2.45, 2.75) is 64.6 Å². The highest BCUT2D eigenvalue weighted by Crippen LogP contribution is 2.43. The van der Waals surface area contributed by atoms with Crippen LogP contribution in [0.25, 0.3) is 0 Å². The molecule has 18 heavy (non-hydrogen) atoms. The van der Waals surface area contributed by atoms with Crippen molar-refractivity contribution in [1.82, 2.24) is 9.13 Å². The fourth-order valence-electron chi connectivity index (χ4n) is 3.95. The minimum atomic E-state index is -1.94. The molecule has 2 unspecified atom stereocenters. The Labute approximate surface area is 118 Å². The second-order valence-corrected chi connectivity index (χ2v) is 10.3. The van der Waals surface area contributed by atoms with E-state index in [2.05, 4.69) is 42.1 Å². The molecule has 2 fully saturated rings. The average molecular weight is 287 g/mol. The molecular weight excluding hydrogens is 260 g/mol. The largest absolute Gasteiger partial charge is 0.311 e. The Morgan fingerprint density at radius 2 is 1.61 bits per heavy atom. The molecule has 1 heterocycles. The molecule has 3 atom stereocenters. The molecule has 0 N–H and O–H groups in total. The van der Waals surface area contributed by atoms with Crippen LogP contribution in [0.3, 0.4) is 0 Å². The van der Waals surface area contributed by atoms with Crippen LogP contribution in [-0.2, 0) is 0 Å². The summed E-state index contributed by atoms with van der Waals surface area (Å²) in [7, 11) is -1.94. The lowest BCUT2D eigenvalue weighted by Crippen LogP contribution is -2.55. The van der Waals surface area contributed by atoms with Crippen LogP contribution in [-0.4, -0.2) is 42.0 Å². The van der Waals surface area contributed by atoms with Gasteiger partial charge in [0.25, 0.3) is 0 Å². The molecule has 0 aromatic carbocycles.